The van der Waals surface area contributed by atoms with Gasteiger partial charge < -0.3 is 5.11 Å². The third-order valence-electron chi connectivity index (χ3n) is 3.73. The molecule has 116 valence electrons. The Kier molecular flexibility index (Phi) is 5.73. The van der Waals surface area contributed by atoms with Gasteiger partial charge in [-0.15, -0.1) is 0 Å². The second-order valence-corrected chi connectivity index (χ2v) is 5.90. The fourth-order valence-electron chi connectivity index (χ4n) is 2.75. The lowest BCUT2D eigenvalue weighted by Crippen LogP contribution is -2.43. The van der Waals surface area contributed by atoms with E-state index in [1.54, 1.807) is 0 Å². The molecule has 0 aliphatic heterocycles. The van der Waals surface area contributed by atoms with Gasteiger partial charge in [0.05, 0.1) is 0 Å². The third-order valence-corrected chi connectivity index (χ3v) is 3.73. The first-order valence-electron chi connectivity index (χ1n) is 7.62. The number of aliphatic carboxylic acids is 1. The molecule has 0 saturated carbocycles. The van der Waals surface area contributed by atoms with Crippen molar-refractivity contribution < 1.29 is 9.90 Å². The van der Waals surface area contributed by atoms with Crippen molar-refractivity contribution in [2.24, 2.45) is 5.92 Å². The van der Waals surface area contributed by atoms with E-state index in [4.69, 9.17) is 0 Å². The van der Waals surface area contributed by atoms with Crippen molar-refractivity contribution in [3.05, 3.63) is 71.8 Å². The van der Waals surface area contributed by atoms with Crippen LogP contribution in [-0.4, -0.2) is 22.0 Å². The Bertz CT molecular complexity index is 539. The van der Waals surface area contributed by atoms with E-state index in [0.29, 0.717) is 13.1 Å². The summed E-state index contributed by atoms with van der Waals surface area (Å²) in [4.78, 5) is 13.8. The number of rotatable bonds is 7. The average molecular weight is 297 g/mol. The lowest BCUT2D eigenvalue weighted by molar-refractivity contribution is -0.145. The maximum atomic E-state index is 11.7. The van der Waals surface area contributed by atoms with E-state index in [-0.39, 0.29) is 5.92 Å². The molecule has 0 unspecified atom stereocenters. The molecule has 0 radical (unpaired) electrons. The molecule has 0 aliphatic rings. The molecular formula is C19H23NO2. The zero-order valence-electron chi connectivity index (χ0n) is 13.1. The van der Waals surface area contributed by atoms with Gasteiger partial charge in [0.2, 0.25) is 0 Å². The number of nitrogens with zero attached hydrogens (tertiary/aromatic N) is 1. The van der Waals surface area contributed by atoms with Crippen molar-refractivity contribution in [3.63, 3.8) is 0 Å². The van der Waals surface area contributed by atoms with Crippen LogP contribution in [-0.2, 0) is 17.9 Å². The summed E-state index contributed by atoms with van der Waals surface area (Å²) in [5.74, 6) is -0.716. The third kappa shape index (κ3) is 4.43. The van der Waals surface area contributed by atoms with Crippen LogP contribution in [0.3, 0.4) is 0 Å². The van der Waals surface area contributed by atoms with Crippen molar-refractivity contribution >= 4 is 5.97 Å². The lowest BCUT2D eigenvalue weighted by Gasteiger charge is -2.31. The highest BCUT2D eigenvalue weighted by atomic mass is 16.4. The first-order valence-corrected chi connectivity index (χ1v) is 7.62. The summed E-state index contributed by atoms with van der Waals surface area (Å²) in [5, 5.41) is 9.63. The van der Waals surface area contributed by atoms with Gasteiger partial charge in [-0.2, -0.15) is 0 Å². The summed E-state index contributed by atoms with van der Waals surface area (Å²) in [6.45, 7) is 5.18. The summed E-state index contributed by atoms with van der Waals surface area (Å²) in [6.07, 6.45) is 0. The Morgan fingerprint density at radius 2 is 1.32 bits per heavy atom. The number of carboxylic acids is 1. The van der Waals surface area contributed by atoms with Gasteiger partial charge in [0.15, 0.2) is 0 Å². The predicted octanol–water partition coefficient (Wildman–Crippen LogP) is 3.80. The molecule has 3 nitrogen and oxygen atoms in total. The highest BCUT2D eigenvalue weighted by molar-refractivity contribution is 5.73. The van der Waals surface area contributed by atoms with E-state index >= 15 is 0 Å². The predicted molar refractivity (Wildman–Crippen MR) is 88.4 cm³/mol. The molecule has 0 aliphatic carbocycles. The van der Waals surface area contributed by atoms with E-state index in [9.17, 15) is 9.90 Å². The number of carboxylic acid groups (broad SMARTS) is 1. The minimum Gasteiger partial charge on any atom is -0.480 e. The van der Waals surface area contributed by atoms with E-state index in [1.807, 2.05) is 79.4 Å². The zero-order chi connectivity index (χ0) is 15.9. The molecule has 0 aromatic heterocycles. The van der Waals surface area contributed by atoms with Crippen LogP contribution in [0.5, 0.6) is 0 Å². The molecule has 2 rings (SSSR count). The monoisotopic (exact) mass is 297 g/mol. The van der Waals surface area contributed by atoms with Gasteiger partial charge in [-0.05, 0) is 17.0 Å². The van der Waals surface area contributed by atoms with Gasteiger partial charge >= 0.3 is 5.97 Å². The van der Waals surface area contributed by atoms with Gasteiger partial charge in [0.25, 0.3) is 0 Å². The van der Waals surface area contributed by atoms with Crippen molar-refractivity contribution in [2.75, 3.05) is 0 Å². The molecule has 3 heteroatoms. The van der Waals surface area contributed by atoms with Crippen LogP contribution < -0.4 is 0 Å². The molecular weight excluding hydrogens is 274 g/mol. The molecule has 0 saturated heterocycles. The van der Waals surface area contributed by atoms with Gasteiger partial charge in [-0.25, -0.2) is 0 Å². The number of hydrogen-bond acceptors (Lipinski definition) is 2. The van der Waals surface area contributed by atoms with Crippen LogP contribution in [0.2, 0.25) is 0 Å². The molecule has 22 heavy (non-hydrogen) atoms. The normalized spacial score (nSPS) is 12.5. The Morgan fingerprint density at radius 3 is 1.64 bits per heavy atom. The van der Waals surface area contributed by atoms with E-state index in [1.165, 1.54) is 0 Å². The first kappa shape index (κ1) is 16.2. The highest BCUT2D eigenvalue weighted by Crippen LogP contribution is 2.18. The van der Waals surface area contributed by atoms with Gasteiger partial charge in [-0.1, -0.05) is 74.5 Å². The number of carbonyl (C=O) groups is 1. The largest absolute Gasteiger partial charge is 0.480 e. The Balaban J connectivity index is 2.25. The van der Waals surface area contributed by atoms with Crippen LogP contribution in [0.4, 0.5) is 0 Å². The topological polar surface area (TPSA) is 40.5 Å². The van der Waals surface area contributed by atoms with Crippen LogP contribution in [0, 0.1) is 5.92 Å². The molecule has 0 heterocycles. The van der Waals surface area contributed by atoms with Crippen LogP contribution in [0.1, 0.15) is 25.0 Å². The van der Waals surface area contributed by atoms with Gasteiger partial charge in [-0.3, -0.25) is 9.69 Å². The molecule has 0 fully saturated rings. The minimum atomic E-state index is -0.762. The van der Waals surface area contributed by atoms with E-state index in [2.05, 4.69) is 0 Å². The maximum Gasteiger partial charge on any atom is 0.321 e. The number of benzene rings is 2. The van der Waals surface area contributed by atoms with Crippen molar-refractivity contribution in [2.45, 2.75) is 33.0 Å². The Hall–Kier alpha value is -2.13. The Morgan fingerprint density at radius 1 is 0.909 bits per heavy atom. The maximum absolute atomic E-state index is 11.7. The zero-order valence-corrected chi connectivity index (χ0v) is 13.1. The quantitative estimate of drug-likeness (QED) is 0.845. The second-order valence-electron chi connectivity index (χ2n) is 5.90. The summed E-state index contributed by atoms with van der Waals surface area (Å²) in [7, 11) is 0. The molecule has 2 aromatic rings. The van der Waals surface area contributed by atoms with Crippen LogP contribution >= 0.6 is 0 Å². The fourth-order valence-corrected chi connectivity index (χ4v) is 2.75. The molecule has 0 spiro atoms. The average Bonchev–Trinajstić information content (AvgIpc) is 2.48. The summed E-state index contributed by atoms with van der Waals surface area (Å²) < 4.78 is 0. The SMILES string of the molecule is CC(C)[C@H](C(=O)O)N(Cc1ccccc1)Cc1ccccc1. The van der Waals surface area contributed by atoms with Gasteiger partial charge in [0.1, 0.15) is 6.04 Å². The van der Waals surface area contributed by atoms with E-state index in [0.717, 1.165) is 11.1 Å². The standard InChI is InChI=1S/C19H23NO2/c1-15(2)18(19(21)22)20(13-16-9-5-3-6-10-16)14-17-11-7-4-8-12-17/h3-12,15,18H,13-14H2,1-2H3,(H,21,22)/t18-/m1/s1. The highest BCUT2D eigenvalue weighted by Gasteiger charge is 2.28. The molecule has 2 aromatic carbocycles. The van der Waals surface area contributed by atoms with Crippen LogP contribution in [0.15, 0.2) is 60.7 Å². The minimum absolute atomic E-state index is 0.0462. The second kappa shape index (κ2) is 7.76. The smallest absolute Gasteiger partial charge is 0.321 e. The summed E-state index contributed by atoms with van der Waals surface area (Å²) in [6, 6.07) is 19.6. The molecule has 0 amide bonds. The van der Waals surface area contributed by atoms with Crippen molar-refractivity contribution in [3.8, 4) is 0 Å². The first-order chi connectivity index (χ1) is 10.6. The van der Waals surface area contributed by atoms with Crippen molar-refractivity contribution in [1.29, 1.82) is 0 Å². The van der Waals surface area contributed by atoms with Gasteiger partial charge in [0, 0.05) is 13.1 Å². The fraction of sp³-hybridized carbons (Fsp3) is 0.316. The lowest BCUT2D eigenvalue weighted by atomic mass is 10.0. The molecule has 1 N–H and O–H groups in total. The van der Waals surface area contributed by atoms with Crippen LogP contribution in [0.25, 0.3) is 0 Å². The summed E-state index contributed by atoms with van der Waals surface area (Å²) in [5.41, 5.74) is 2.26. The van der Waals surface area contributed by atoms with E-state index < -0.39 is 12.0 Å². The summed E-state index contributed by atoms with van der Waals surface area (Å²) >= 11 is 0. The van der Waals surface area contributed by atoms with Crippen molar-refractivity contribution in [1.82, 2.24) is 4.90 Å². The molecule has 1 atom stereocenters. The number of hydrogen-bond donors (Lipinski definition) is 1. The Labute approximate surface area is 132 Å². The molecule has 0 bridgehead atoms.